The van der Waals surface area contributed by atoms with Crippen LogP contribution in [0.5, 0.6) is 0 Å². The van der Waals surface area contributed by atoms with Gasteiger partial charge in [-0.3, -0.25) is 4.98 Å². The van der Waals surface area contributed by atoms with Crippen LogP contribution in [0.2, 0.25) is 0 Å². The summed E-state index contributed by atoms with van der Waals surface area (Å²) in [7, 11) is 0. The minimum Gasteiger partial charge on any atom is -0.320 e. The van der Waals surface area contributed by atoms with Crippen LogP contribution in [0.3, 0.4) is 0 Å². The zero-order valence-electron chi connectivity index (χ0n) is 11.4. The maximum absolute atomic E-state index is 14.2. The van der Waals surface area contributed by atoms with Crippen molar-refractivity contribution >= 4 is 21.6 Å². The molecule has 102 valence electrons. The van der Waals surface area contributed by atoms with Crippen molar-refractivity contribution in [3.05, 3.63) is 63.9 Å². The quantitative estimate of drug-likeness (QED) is 0.770. The number of halogens is 1. The molecular formula is C16H15FN2S. The van der Waals surface area contributed by atoms with Crippen LogP contribution >= 0.6 is 11.3 Å². The van der Waals surface area contributed by atoms with Gasteiger partial charge < -0.3 is 5.73 Å². The standard InChI is InChI=1S/C16H15FN2S/c1-9-5-10(2)15(12(17)6-9)16(18)11-7-14-13(19-8-11)3-4-20-14/h3-8,16H,18H2,1-2H3. The van der Waals surface area contributed by atoms with Gasteiger partial charge in [-0.25, -0.2) is 4.39 Å². The highest BCUT2D eigenvalue weighted by atomic mass is 32.1. The fourth-order valence-corrected chi connectivity index (χ4v) is 3.31. The lowest BCUT2D eigenvalue weighted by atomic mass is 9.95. The molecule has 2 aromatic heterocycles. The summed E-state index contributed by atoms with van der Waals surface area (Å²) in [5.41, 5.74) is 10.4. The van der Waals surface area contributed by atoms with Crippen LogP contribution in [0.4, 0.5) is 4.39 Å². The Morgan fingerprint density at radius 2 is 2.05 bits per heavy atom. The molecule has 0 saturated carbocycles. The minimum absolute atomic E-state index is 0.249. The van der Waals surface area contributed by atoms with Gasteiger partial charge in [0, 0.05) is 11.8 Å². The van der Waals surface area contributed by atoms with E-state index in [1.54, 1.807) is 17.5 Å². The van der Waals surface area contributed by atoms with Crippen molar-refractivity contribution in [2.24, 2.45) is 5.73 Å². The fraction of sp³-hybridized carbons (Fsp3) is 0.188. The van der Waals surface area contributed by atoms with Crippen molar-refractivity contribution in [2.45, 2.75) is 19.9 Å². The van der Waals surface area contributed by atoms with Gasteiger partial charge in [0.2, 0.25) is 0 Å². The lowest BCUT2D eigenvalue weighted by Gasteiger charge is -2.16. The van der Waals surface area contributed by atoms with Gasteiger partial charge in [0.1, 0.15) is 5.82 Å². The van der Waals surface area contributed by atoms with Gasteiger partial charge in [0.25, 0.3) is 0 Å². The zero-order chi connectivity index (χ0) is 14.3. The van der Waals surface area contributed by atoms with E-state index in [1.807, 2.05) is 37.4 Å². The molecule has 2 N–H and O–H groups in total. The van der Waals surface area contributed by atoms with Crippen LogP contribution in [-0.4, -0.2) is 4.98 Å². The van der Waals surface area contributed by atoms with Crippen molar-refractivity contribution in [2.75, 3.05) is 0 Å². The van der Waals surface area contributed by atoms with E-state index < -0.39 is 6.04 Å². The molecule has 0 amide bonds. The van der Waals surface area contributed by atoms with E-state index in [2.05, 4.69) is 4.98 Å². The third kappa shape index (κ3) is 2.21. The first-order valence-corrected chi connectivity index (χ1v) is 7.29. The Morgan fingerprint density at radius 3 is 2.80 bits per heavy atom. The summed E-state index contributed by atoms with van der Waals surface area (Å²) in [5.74, 6) is -0.249. The molecule has 4 heteroatoms. The Bertz CT molecular complexity index is 756. The smallest absolute Gasteiger partial charge is 0.128 e. The third-order valence-corrected chi connectivity index (χ3v) is 4.33. The second-order valence-corrected chi connectivity index (χ2v) is 5.98. The summed E-state index contributed by atoms with van der Waals surface area (Å²) >= 11 is 1.61. The van der Waals surface area contributed by atoms with E-state index in [-0.39, 0.29) is 5.82 Å². The molecule has 0 bridgehead atoms. The Kier molecular flexibility index (Phi) is 3.28. The molecule has 0 aliphatic rings. The van der Waals surface area contributed by atoms with Crippen molar-refractivity contribution < 1.29 is 4.39 Å². The first-order valence-electron chi connectivity index (χ1n) is 6.41. The van der Waals surface area contributed by atoms with Crippen molar-refractivity contribution in [1.82, 2.24) is 4.98 Å². The van der Waals surface area contributed by atoms with Gasteiger partial charge in [0.05, 0.1) is 16.3 Å². The molecule has 0 saturated heterocycles. The number of aryl methyl sites for hydroxylation is 2. The number of nitrogens with zero attached hydrogens (tertiary/aromatic N) is 1. The molecule has 0 radical (unpaired) electrons. The van der Waals surface area contributed by atoms with E-state index in [4.69, 9.17) is 5.73 Å². The van der Waals surface area contributed by atoms with E-state index in [1.165, 1.54) is 6.07 Å². The number of hydrogen-bond acceptors (Lipinski definition) is 3. The van der Waals surface area contributed by atoms with Crippen molar-refractivity contribution in [1.29, 1.82) is 0 Å². The highest BCUT2D eigenvalue weighted by Gasteiger charge is 2.17. The van der Waals surface area contributed by atoms with Gasteiger partial charge in [-0.1, -0.05) is 6.07 Å². The fourth-order valence-electron chi connectivity index (χ4n) is 2.52. The molecule has 0 fully saturated rings. The molecule has 3 rings (SSSR count). The Morgan fingerprint density at radius 1 is 1.25 bits per heavy atom. The average Bonchev–Trinajstić information content (AvgIpc) is 2.84. The summed E-state index contributed by atoms with van der Waals surface area (Å²) in [6.07, 6.45) is 1.73. The maximum Gasteiger partial charge on any atom is 0.128 e. The first kappa shape index (κ1) is 13.2. The second kappa shape index (κ2) is 4.96. The number of thiophene rings is 1. The lowest BCUT2D eigenvalue weighted by Crippen LogP contribution is -2.15. The van der Waals surface area contributed by atoms with Crippen LogP contribution in [0.15, 0.2) is 35.8 Å². The molecule has 1 atom stereocenters. The van der Waals surface area contributed by atoms with E-state index in [0.717, 1.165) is 26.9 Å². The number of fused-ring (bicyclic) bond motifs is 1. The van der Waals surface area contributed by atoms with E-state index in [9.17, 15) is 4.39 Å². The molecule has 0 aliphatic heterocycles. The lowest BCUT2D eigenvalue weighted by molar-refractivity contribution is 0.596. The largest absolute Gasteiger partial charge is 0.320 e. The van der Waals surface area contributed by atoms with Crippen LogP contribution in [0.1, 0.15) is 28.3 Å². The van der Waals surface area contributed by atoms with Gasteiger partial charge in [0.15, 0.2) is 0 Å². The molecule has 0 spiro atoms. The Labute approximate surface area is 121 Å². The third-order valence-electron chi connectivity index (χ3n) is 3.47. The maximum atomic E-state index is 14.2. The summed E-state index contributed by atoms with van der Waals surface area (Å²) < 4.78 is 15.3. The zero-order valence-corrected chi connectivity index (χ0v) is 12.2. The van der Waals surface area contributed by atoms with Crippen LogP contribution < -0.4 is 5.73 Å². The molecule has 2 nitrogen and oxygen atoms in total. The summed E-state index contributed by atoms with van der Waals surface area (Å²) in [5, 5.41) is 1.99. The molecule has 1 aromatic carbocycles. The molecule has 20 heavy (non-hydrogen) atoms. The predicted octanol–water partition coefficient (Wildman–Crippen LogP) is 4.10. The van der Waals surface area contributed by atoms with E-state index in [0.29, 0.717) is 5.56 Å². The summed E-state index contributed by atoms with van der Waals surface area (Å²) in [4.78, 5) is 4.37. The normalized spacial score (nSPS) is 12.8. The number of rotatable bonds is 2. The number of nitrogens with two attached hydrogens (primary N) is 1. The van der Waals surface area contributed by atoms with Gasteiger partial charge in [-0.2, -0.15) is 0 Å². The SMILES string of the molecule is Cc1cc(C)c(C(N)c2cnc3ccsc3c2)c(F)c1. The monoisotopic (exact) mass is 286 g/mol. The predicted molar refractivity (Wildman–Crippen MR) is 81.5 cm³/mol. The Balaban J connectivity index is 2.09. The highest BCUT2D eigenvalue weighted by molar-refractivity contribution is 7.17. The van der Waals surface area contributed by atoms with Crippen LogP contribution in [0, 0.1) is 19.7 Å². The number of pyridine rings is 1. The number of aromatic nitrogens is 1. The average molecular weight is 286 g/mol. The van der Waals surface area contributed by atoms with E-state index >= 15 is 0 Å². The molecule has 3 aromatic rings. The van der Waals surface area contributed by atoms with Crippen molar-refractivity contribution in [3.8, 4) is 0 Å². The van der Waals surface area contributed by atoms with Crippen molar-refractivity contribution in [3.63, 3.8) is 0 Å². The molecule has 0 aliphatic carbocycles. The van der Waals surface area contributed by atoms with Crippen LogP contribution in [0.25, 0.3) is 10.2 Å². The highest BCUT2D eigenvalue weighted by Crippen LogP contribution is 2.29. The number of benzene rings is 1. The molecule has 1 unspecified atom stereocenters. The van der Waals surface area contributed by atoms with Gasteiger partial charge >= 0.3 is 0 Å². The molecular weight excluding hydrogens is 271 g/mol. The minimum atomic E-state index is -0.491. The summed E-state index contributed by atoms with van der Waals surface area (Å²) in [6.45, 7) is 3.77. The topological polar surface area (TPSA) is 38.9 Å². The molecule has 2 heterocycles. The van der Waals surface area contributed by atoms with Crippen LogP contribution in [-0.2, 0) is 0 Å². The second-order valence-electron chi connectivity index (χ2n) is 5.03. The first-order chi connectivity index (χ1) is 9.56. The number of hydrogen-bond donors (Lipinski definition) is 1. The summed E-state index contributed by atoms with van der Waals surface area (Å²) in [6, 6.07) is 6.95. The van der Waals surface area contributed by atoms with Gasteiger partial charge in [-0.15, -0.1) is 11.3 Å². The Hall–Kier alpha value is -1.78. The van der Waals surface area contributed by atoms with Gasteiger partial charge in [-0.05, 0) is 54.1 Å².